The van der Waals surface area contributed by atoms with E-state index in [-0.39, 0.29) is 11.8 Å². The molecule has 1 atom stereocenters. The standard InChI is InChI=1S/C11H19NO2/c1-3-11(14)6-12(7-11)10(13)8(2)9-4-5-9/h8-9,14H,3-7H2,1-2H3. The Morgan fingerprint density at radius 1 is 1.57 bits per heavy atom. The number of hydrogen-bond donors (Lipinski definition) is 1. The molecule has 2 aliphatic rings. The summed E-state index contributed by atoms with van der Waals surface area (Å²) in [6.45, 7) is 5.06. The molecule has 1 saturated carbocycles. The fourth-order valence-electron chi connectivity index (χ4n) is 2.13. The van der Waals surface area contributed by atoms with Crippen LogP contribution in [0.2, 0.25) is 0 Å². The summed E-state index contributed by atoms with van der Waals surface area (Å²) in [5.74, 6) is 1.04. The summed E-state index contributed by atoms with van der Waals surface area (Å²) >= 11 is 0. The van der Waals surface area contributed by atoms with Gasteiger partial charge in [0.15, 0.2) is 0 Å². The minimum atomic E-state index is -0.584. The fraction of sp³-hybridized carbons (Fsp3) is 0.909. The van der Waals surface area contributed by atoms with Crippen molar-refractivity contribution in [3.63, 3.8) is 0 Å². The third kappa shape index (κ3) is 1.65. The molecule has 1 unspecified atom stereocenters. The van der Waals surface area contributed by atoms with Gasteiger partial charge in [-0.1, -0.05) is 13.8 Å². The van der Waals surface area contributed by atoms with Gasteiger partial charge >= 0.3 is 0 Å². The predicted molar refractivity (Wildman–Crippen MR) is 53.7 cm³/mol. The number of β-amino-alcohol motifs (C(OH)–C–C–N with tert-alkyl or cyclic N) is 1. The summed E-state index contributed by atoms with van der Waals surface area (Å²) in [7, 11) is 0. The summed E-state index contributed by atoms with van der Waals surface area (Å²) in [4.78, 5) is 13.6. The molecule has 2 fully saturated rings. The van der Waals surface area contributed by atoms with E-state index in [1.807, 2.05) is 13.8 Å². The Bertz CT molecular complexity index is 242. The Hall–Kier alpha value is -0.570. The van der Waals surface area contributed by atoms with Crippen LogP contribution in [0.5, 0.6) is 0 Å². The summed E-state index contributed by atoms with van der Waals surface area (Å²) in [6.07, 6.45) is 3.16. The Morgan fingerprint density at radius 3 is 2.57 bits per heavy atom. The lowest BCUT2D eigenvalue weighted by molar-refractivity contribution is -0.160. The van der Waals surface area contributed by atoms with Crippen LogP contribution in [0.1, 0.15) is 33.1 Å². The second-order valence-corrected chi connectivity index (χ2v) is 4.90. The average molecular weight is 197 g/mol. The van der Waals surface area contributed by atoms with E-state index in [1.165, 1.54) is 12.8 Å². The molecule has 3 heteroatoms. The van der Waals surface area contributed by atoms with Crippen molar-refractivity contribution < 1.29 is 9.90 Å². The van der Waals surface area contributed by atoms with Gasteiger partial charge < -0.3 is 10.0 Å². The van der Waals surface area contributed by atoms with Gasteiger partial charge in [0.05, 0.1) is 18.7 Å². The molecule has 80 valence electrons. The molecule has 1 amide bonds. The maximum Gasteiger partial charge on any atom is 0.225 e. The molecule has 0 radical (unpaired) electrons. The highest BCUT2D eigenvalue weighted by molar-refractivity contribution is 5.80. The molecule has 0 aromatic heterocycles. The minimum Gasteiger partial charge on any atom is -0.386 e. The molecular weight excluding hydrogens is 178 g/mol. The highest BCUT2D eigenvalue weighted by atomic mass is 16.3. The fourth-order valence-corrected chi connectivity index (χ4v) is 2.13. The largest absolute Gasteiger partial charge is 0.386 e. The molecule has 0 bridgehead atoms. The van der Waals surface area contributed by atoms with E-state index in [9.17, 15) is 9.90 Å². The summed E-state index contributed by atoms with van der Waals surface area (Å²) < 4.78 is 0. The number of carbonyl (C=O) groups is 1. The molecule has 0 aromatic rings. The summed E-state index contributed by atoms with van der Waals surface area (Å²) in [5.41, 5.74) is -0.584. The topological polar surface area (TPSA) is 40.5 Å². The van der Waals surface area contributed by atoms with E-state index in [1.54, 1.807) is 4.90 Å². The molecular formula is C11H19NO2. The quantitative estimate of drug-likeness (QED) is 0.733. The summed E-state index contributed by atoms with van der Waals surface area (Å²) in [6, 6.07) is 0. The number of amides is 1. The van der Waals surface area contributed by atoms with Crippen LogP contribution in [0, 0.1) is 11.8 Å². The van der Waals surface area contributed by atoms with Crippen LogP contribution >= 0.6 is 0 Å². The molecule has 2 rings (SSSR count). The van der Waals surface area contributed by atoms with Crippen molar-refractivity contribution >= 4 is 5.91 Å². The van der Waals surface area contributed by atoms with Crippen molar-refractivity contribution in [2.24, 2.45) is 11.8 Å². The van der Waals surface area contributed by atoms with E-state index in [0.717, 1.165) is 6.42 Å². The van der Waals surface area contributed by atoms with Crippen LogP contribution in [0.4, 0.5) is 0 Å². The van der Waals surface area contributed by atoms with E-state index in [0.29, 0.717) is 19.0 Å². The van der Waals surface area contributed by atoms with Crippen molar-refractivity contribution in [3.8, 4) is 0 Å². The van der Waals surface area contributed by atoms with Gasteiger partial charge in [-0.3, -0.25) is 4.79 Å². The third-order valence-corrected chi connectivity index (χ3v) is 3.66. The van der Waals surface area contributed by atoms with Crippen molar-refractivity contribution in [1.82, 2.24) is 4.90 Å². The molecule has 1 saturated heterocycles. The molecule has 0 spiro atoms. The van der Waals surface area contributed by atoms with Crippen LogP contribution in [-0.2, 0) is 4.79 Å². The second-order valence-electron chi connectivity index (χ2n) is 4.90. The van der Waals surface area contributed by atoms with E-state index in [2.05, 4.69) is 0 Å². The number of nitrogens with zero attached hydrogens (tertiary/aromatic N) is 1. The van der Waals surface area contributed by atoms with Crippen LogP contribution in [0.25, 0.3) is 0 Å². The molecule has 1 aliphatic carbocycles. The zero-order valence-corrected chi connectivity index (χ0v) is 8.99. The summed E-state index contributed by atoms with van der Waals surface area (Å²) in [5, 5.41) is 9.78. The van der Waals surface area contributed by atoms with Gasteiger partial charge in [-0.15, -0.1) is 0 Å². The lowest BCUT2D eigenvalue weighted by atomic mass is 9.89. The third-order valence-electron chi connectivity index (χ3n) is 3.66. The lowest BCUT2D eigenvalue weighted by Crippen LogP contribution is -2.64. The molecule has 1 N–H and O–H groups in total. The lowest BCUT2D eigenvalue weighted by Gasteiger charge is -2.47. The van der Waals surface area contributed by atoms with Crippen LogP contribution in [0.15, 0.2) is 0 Å². The van der Waals surface area contributed by atoms with Gasteiger partial charge in [0.1, 0.15) is 0 Å². The van der Waals surface area contributed by atoms with Gasteiger partial charge in [-0.2, -0.15) is 0 Å². The molecule has 14 heavy (non-hydrogen) atoms. The van der Waals surface area contributed by atoms with Crippen molar-refractivity contribution in [2.75, 3.05) is 13.1 Å². The number of aliphatic hydroxyl groups is 1. The highest BCUT2D eigenvalue weighted by Gasteiger charge is 2.45. The van der Waals surface area contributed by atoms with E-state index in [4.69, 9.17) is 0 Å². The monoisotopic (exact) mass is 197 g/mol. The number of rotatable bonds is 3. The zero-order valence-electron chi connectivity index (χ0n) is 8.99. The van der Waals surface area contributed by atoms with Crippen LogP contribution < -0.4 is 0 Å². The molecule has 1 aliphatic heterocycles. The second kappa shape index (κ2) is 3.23. The Morgan fingerprint density at radius 2 is 2.14 bits per heavy atom. The number of carbonyl (C=O) groups excluding carboxylic acids is 1. The first-order valence-corrected chi connectivity index (χ1v) is 5.57. The van der Waals surface area contributed by atoms with Crippen LogP contribution in [0.3, 0.4) is 0 Å². The first-order valence-electron chi connectivity index (χ1n) is 5.57. The van der Waals surface area contributed by atoms with Crippen LogP contribution in [-0.4, -0.2) is 34.6 Å². The van der Waals surface area contributed by atoms with Gasteiger partial charge in [0.25, 0.3) is 0 Å². The first kappa shape index (κ1) is 9.97. The maximum absolute atomic E-state index is 11.8. The number of hydrogen-bond acceptors (Lipinski definition) is 2. The van der Waals surface area contributed by atoms with Crippen molar-refractivity contribution in [2.45, 2.75) is 38.7 Å². The SMILES string of the molecule is CCC1(O)CN(C(=O)C(C)C2CC2)C1. The maximum atomic E-state index is 11.8. The smallest absolute Gasteiger partial charge is 0.225 e. The molecule has 0 aromatic carbocycles. The van der Waals surface area contributed by atoms with Crippen molar-refractivity contribution in [3.05, 3.63) is 0 Å². The Kier molecular flexibility index (Phi) is 2.30. The molecule has 3 nitrogen and oxygen atoms in total. The average Bonchev–Trinajstić information content (AvgIpc) is 2.93. The Balaban J connectivity index is 1.83. The Labute approximate surface area is 85.1 Å². The number of likely N-dealkylation sites (tertiary alicyclic amines) is 1. The predicted octanol–water partition coefficient (Wildman–Crippen LogP) is 1.02. The normalized spacial score (nSPS) is 26.9. The first-order chi connectivity index (χ1) is 6.56. The van der Waals surface area contributed by atoms with Crippen molar-refractivity contribution in [1.29, 1.82) is 0 Å². The van der Waals surface area contributed by atoms with Gasteiger partial charge in [0, 0.05) is 5.92 Å². The van der Waals surface area contributed by atoms with E-state index < -0.39 is 5.60 Å². The van der Waals surface area contributed by atoms with Gasteiger partial charge in [-0.05, 0) is 25.2 Å². The zero-order chi connectivity index (χ0) is 10.3. The van der Waals surface area contributed by atoms with Gasteiger partial charge in [-0.25, -0.2) is 0 Å². The minimum absolute atomic E-state index is 0.177. The highest BCUT2D eigenvalue weighted by Crippen LogP contribution is 2.38. The molecule has 1 heterocycles. The van der Waals surface area contributed by atoms with E-state index >= 15 is 0 Å². The van der Waals surface area contributed by atoms with Gasteiger partial charge in [0.2, 0.25) is 5.91 Å².